The van der Waals surface area contributed by atoms with Crippen molar-refractivity contribution in [2.24, 2.45) is 0 Å². The molecule has 21 heavy (non-hydrogen) atoms. The SMILES string of the molecule is CCCOC1C(NCC)CC1OCCCc1ccccc1. The second kappa shape index (κ2) is 9.19. The van der Waals surface area contributed by atoms with Gasteiger partial charge in [-0.1, -0.05) is 44.2 Å². The fraction of sp³-hybridized carbons (Fsp3) is 0.667. The minimum Gasteiger partial charge on any atom is -0.375 e. The molecule has 2 rings (SSSR count). The molecule has 1 N–H and O–H groups in total. The van der Waals surface area contributed by atoms with Crippen LogP contribution in [0.5, 0.6) is 0 Å². The summed E-state index contributed by atoms with van der Waals surface area (Å²) in [7, 11) is 0. The molecule has 0 radical (unpaired) electrons. The third-order valence-corrected chi connectivity index (χ3v) is 4.01. The van der Waals surface area contributed by atoms with Crippen LogP contribution in [0.4, 0.5) is 0 Å². The molecule has 0 aliphatic heterocycles. The molecule has 0 bridgehead atoms. The molecule has 118 valence electrons. The second-order valence-corrected chi connectivity index (χ2v) is 5.73. The fourth-order valence-corrected chi connectivity index (χ4v) is 2.84. The molecule has 0 amide bonds. The van der Waals surface area contributed by atoms with Gasteiger partial charge in [0.05, 0.1) is 12.2 Å². The highest BCUT2D eigenvalue weighted by Gasteiger charge is 2.42. The summed E-state index contributed by atoms with van der Waals surface area (Å²) in [6.45, 7) is 6.94. The van der Waals surface area contributed by atoms with Gasteiger partial charge in [-0.15, -0.1) is 0 Å². The Labute approximate surface area is 129 Å². The molecule has 1 aliphatic rings. The minimum atomic E-state index is 0.238. The van der Waals surface area contributed by atoms with Crippen molar-refractivity contribution in [2.75, 3.05) is 19.8 Å². The Balaban J connectivity index is 1.65. The van der Waals surface area contributed by atoms with Crippen LogP contribution in [0.2, 0.25) is 0 Å². The Morgan fingerprint density at radius 3 is 2.62 bits per heavy atom. The van der Waals surface area contributed by atoms with Crippen molar-refractivity contribution in [3.05, 3.63) is 35.9 Å². The fourth-order valence-electron chi connectivity index (χ4n) is 2.84. The monoisotopic (exact) mass is 291 g/mol. The van der Waals surface area contributed by atoms with Gasteiger partial charge in [0.2, 0.25) is 0 Å². The molecule has 3 atom stereocenters. The summed E-state index contributed by atoms with van der Waals surface area (Å²) < 4.78 is 12.0. The van der Waals surface area contributed by atoms with E-state index in [9.17, 15) is 0 Å². The lowest BCUT2D eigenvalue weighted by molar-refractivity contribution is -0.147. The predicted octanol–water partition coefficient (Wildman–Crippen LogP) is 3.18. The maximum Gasteiger partial charge on any atom is 0.0990 e. The maximum atomic E-state index is 6.02. The van der Waals surface area contributed by atoms with E-state index >= 15 is 0 Å². The summed E-state index contributed by atoms with van der Waals surface area (Å²) >= 11 is 0. The largest absolute Gasteiger partial charge is 0.375 e. The molecular weight excluding hydrogens is 262 g/mol. The van der Waals surface area contributed by atoms with Crippen molar-refractivity contribution < 1.29 is 9.47 Å². The maximum absolute atomic E-state index is 6.02. The normalized spacial score (nSPS) is 24.8. The molecule has 3 nitrogen and oxygen atoms in total. The van der Waals surface area contributed by atoms with Crippen molar-refractivity contribution in [2.45, 2.75) is 57.8 Å². The highest BCUT2D eigenvalue weighted by atomic mass is 16.5. The summed E-state index contributed by atoms with van der Waals surface area (Å²) in [6.07, 6.45) is 4.82. The Morgan fingerprint density at radius 2 is 1.90 bits per heavy atom. The van der Waals surface area contributed by atoms with Crippen molar-refractivity contribution in [3.63, 3.8) is 0 Å². The van der Waals surface area contributed by atoms with Gasteiger partial charge in [0.25, 0.3) is 0 Å². The molecule has 1 saturated carbocycles. The number of benzene rings is 1. The van der Waals surface area contributed by atoms with Gasteiger partial charge in [-0.3, -0.25) is 0 Å². The number of hydrogen-bond donors (Lipinski definition) is 1. The Hall–Kier alpha value is -0.900. The lowest BCUT2D eigenvalue weighted by atomic mass is 9.85. The second-order valence-electron chi connectivity index (χ2n) is 5.73. The minimum absolute atomic E-state index is 0.238. The van der Waals surface area contributed by atoms with Gasteiger partial charge in [-0.05, 0) is 37.8 Å². The lowest BCUT2D eigenvalue weighted by Crippen LogP contribution is -2.60. The molecule has 1 aromatic rings. The summed E-state index contributed by atoms with van der Waals surface area (Å²) in [4.78, 5) is 0. The van der Waals surface area contributed by atoms with Gasteiger partial charge in [0, 0.05) is 19.3 Å². The average molecular weight is 291 g/mol. The van der Waals surface area contributed by atoms with Gasteiger partial charge in [-0.25, -0.2) is 0 Å². The summed E-state index contributed by atoms with van der Waals surface area (Å²) in [6, 6.07) is 11.1. The van der Waals surface area contributed by atoms with Crippen LogP contribution in [-0.2, 0) is 15.9 Å². The van der Waals surface area contributed by atoms with Crippen molar-refractivity contribution in [1.82, 2.24) is 5.32 Å². The zero-order valence-electron chi connectivity index (χ0n) is 13.4. The zero-order valence-corrected chi connectivity index (χ0v) is 13.4. The van der Waals surface area contributed by atoms with Crippen LogP contribution in [0.25, 0.3) is 0 Å². The highest BCUT2D eigenvalue weighted by Crippen LogP contribution is 2.27. The van der Waals surface area contributed by atoms with Crippen LogP contribution in [0, 0.1) is 0 Å². The van der Waals surface area contributed by atoms with Gasteiger partial charge in [-0.2, -0.15) is 0 Å². The molecule has 1 aliphatic carbocycles. The molecule has 0 heterocycles. The zero-order chi connectivity index (χ0) is 14.9. The highest BCUT2D eigenvalue weighted by molar-refractivity contribution is 5.14. The first-order valence-electron chi connectivity index (χ1n) is 8.35. The molecule has 3 unspecified atom stereocenters. The lowest BCUT2D eigenvalue weighted by Gasteiger charge is -2.44. The molecule has 3 heteroatoms. The van der Waals surface area contributed by atoms with Crippen molar-refractivity contribution in [1.29, 1.82) is 0 Å². The van der Waals surface area contributed by atoms with Gasteiger partial charge < -0.3 is 14.8 Å². The molecular formula is C18H29NO2. The smallest absolute Gasteiger partial charge is 0.0990 e. The van der Waals surface area contributed by atoms with Crippen molar-refractivity contribution in [3.8, 4) is 0 Å². The van der Waals surface area contributed by atoms with Crippen LogP contribution in [0.3, 0.4) is 0 Å². The number of rotatable bonds is 10. The van der Waals surface area contributed by atoms with Gasteiger partial charge >= 0.3 is 0 Å². The third-order valence-electron chi connectivity index (χ3n) is 4.01. The molecule has 0 aromatic heterocycles. The number of aryl methyl sites for hydroxylation is 1. The Kier molecular flexibility index (Phi) is 7.20. The summed E-state index contributed by atoms with van der Waals surface area (Å²) in [5.41, 5.74) is 1.39. The van der Waals surface area contributed by atoms with Crippen LogP contribution in [0.1, 0.15) is 38.7 Å². The number of ether oxygens (including phenoxy) is 2. The van der Waals surface area contributed by atoms with E-state index in [1.807, 2.05) is 0 Å². The quantitative estimate of drug-likeness (QED) is 0.672. The van der Waals surface area contributed by atoms with Crippen LogP contribution >= 0.6 is 0 Å². The molecule has 0 spiro atoms. The van der Waals surface area contributed by atoms with Crippen LogP contribution < -0.4 is 5.32 Å². The number of hydrogen-bond acceptors (Lipinski definition) is 3. The van der Waals surface area contributed by atoms with E-state index in [0.29, 0.717) is 6.04 Å². The van der Waals surface area contributed by atoms with E-state index in [4.69, 9.17) is 9.47 Å². The first-order chi connectivity index (χ1) is 10.3. The third kappa shape index (κ3) is 5.10. The average Bonchev–Trinajstić information content (AvgIpc) is 2.50. The van der Waals surface area contributed by atoms with E-state index in [2.05, 4.69) is 49.5 Å². The first-order valence-corrected chi connectivity index (χ1v) is 8.35. The van der Waals surface area contributed by atoms with Crippen molar-refractivity contribution >= 4 is 0 Å². The molecule has 1 aromatic carbocycles. The number of nitrogens with one attached hydrogen (secondary N) is 1. The van der Waals surface area contributed by atoms with E-state index in [0.717, 1.165) is 45.4 Å². The van der Waals surface area contributed by atoms with E-state index in [1.54, 1.807) is 0 Å². The van der Waals surface area contributed by atoms with Crippen LogP contribution in [-0.4, -0.2) is 38.0 Å². The summed E-state index contributed by atoms with van der Waals surface area (Å²) in [5.74, 6) is 0. The van der Waals surface area contributed by atoms with Crippen LogP contribution in [0.15, 0.2) is 30.3 Å². The summed E-state index contributed by atoms with van der Waals surface area (Å²) in [5, 5.41) is 3.48. The Morgan fingerprint density at radius 1 is 1.10 bits per heavy atom. The predicted molar refractivity (Wildman–Crippen MR) is 86.6 cm³/mol. The molecule has 1 fully saturated rings. The Bertz CT molecular complexity index is 382. The van der Waals surface area contributed by atoms with E-state index < -0.39 is 0 Å². The van der Waals surface area contributed by atoms with Gasteiger partial charge in [0.1, 0.15) is 0 Å². The first kappa shape index (κ1) is 16.5. The number of likely N-dealkylation sites (N-methyl/N-ethyl adjacent to an activating group) is 1. The standard InChI is InChI=1S/C18H29NO2/c1-3-12-21-18-16(19-4-2)14-17(18)20-13-8-11-15-9-6-5-7-10-15/h5-7,9-10,16-19H,3-4,8,11-14H2,1-2H3. The van der Waals surface area contributed by atoms with E-state index in [1.165, 1.54) is 5.56 Å². The van der Waals surface area contributed by atoms with E-state index in [-0.39, 0.29) is 12.2 Å². The van der Waals surface area contributed by atoms with Gasteiger partial charge in [0.15, 0.2) is 0 Å². The topological polar surface area (TPSA) is 30.5 Å². The molecule has 0 saturated heterocycles.